The summed E-state index contributed by atoms with van der Waals surface area (Å²) in [5.74, 6) is -0.185. The third kappa shape index (κ3) is 3.65. The van der Waals surface area contributed by atoms with E-state index in [9.17, 15) is 19.2 Å². The van der Waals surface area contributed by atoms with Crippen LogP contribution in [0.5, 0.6) is 0 Å². The minimum Gasteiger partial charge on any atom is -0.457 e. The van der Waals surface area contributed by atoms with E-state index in [1.807, 2.05) is 0 Å². The van der Waals surface area contributed by atoms with E-state index >= 15 is 0 Å². The molecule has 6 nitrogen and oxygen atoms in total. The van der Waals surface area contributed by atoms with Crippen LogP contribution in [0.15, 0.2) is 28.7 Å². The molecule has 1 aromatic rings. The first-order valence-corrected chi connectivity index (χ1v) is 12.1. The zero-order valence-corrected chi connectivity index (χ0v) is 18.9. The molecule has 7 heteroatoms. The van der Waals surface area contributed by atoms with Crippen LogP contribution in [0.1, 0.15) is 55.3 Å². The molecule has 0 unspecified atom stereocenters. The fourth-order valence-corrected chi connectivity index (χ4v) is 6.60. The number of ketones is 1. The lowest BCUT2D eigenvalue weighted by molar-refractivity contribution is -0.149. The number of fused-ring (bicyclic) bond motifs is 5. The van der Waals surface area contributed by atoms with Crippen molar-refractivity contribution < 1.29 is 23.9 Å². The van der Waals surface area contributed by atoms with Gasteiger partial charge in [0.05, 0.1) is 17.8 Å². The average molecular weight is 488 g/mol. The van der Waals surface area contributed by atoms with Crippen molar-refractivity contribution >= 4 is 39.5 Å². The second-order valence-electron chi connectivity index (χ2n) is 9.47. The maximum Gasteiger partial charge on any atom is 0.309 e. The lowest BCUT2D eigenvalue weighted by atomic mass is 9.81. The molecule has 1 saturated heterocycles. The molecule has 0 spiro atoms. The Labute approximate surface area is 189 Å². The van der Waals surface area contributed by atoms with Gasteiger partial charge in [0.1, 0.15) is 0 Å². The minimum absolute atomic E-state index is 0.0355. The highest BCUT2D eigenvalue weighted by molar-refractivity contribution is 9.10. The first kappa shape index (κ1) is 20.9. The Bertz CT molecular complexity index is 892. The van der Waals surface area contributed by atoms with Gasteiger partial charge >= 0.3 is 5.97 Å². The van der Waals surface area contributed by atoms with Crippen LogP contribution in [0.4, 0.5) is 0 Å². The normalized spacial score (nSPS) is 34.2. The Hall–Kier alpha value is -2.02. The molecule has 5 rings (SSSR count). The topological polar surface area (TPSA) is 80.8 Å². The summed E-state index contributed by atoms with van der Waals surface area (Å²) < 4.78 is 6.16. The average Bonchev–Trinajstić information content (AvgIpc) is 3.46. The quantitative estimate of drug-likeness (QED) is 0.358. The predicted molar refractivity (Wildman–Crippen MR) is 115 cm³/mol. The van der Waals surface area contributed by atoms with Gasteiger partial charge in [-0.2, -0.15) is 0 Å². The number of amides is 2. The summed E-state index contributed by atoms with van der Waals surface area (Å²) in [6.07, 6.45) is 5.62. The molecule has 164 valence electrons. The first-order valence-electron chi connectivity index (χ1n) is 11.3. The van der Waals surface area contributed by atoms with Crippen LogP contribution in [0.25, 0.3) is 0 Å². The number of carbonyl (C=O) groups is 4. The van der Waals surface area contributed by atoms with Crippen LogP contribution < -0.4 is 0 Å². The Morgan fingerprint density at radius 1 is 0.903 bits per heavy atom. The van der Waals surface area contributed by atoms with Crippen LogP contribution in [0, 0.1) is 29.6 Å². The molecule has 2 bridgehead atoms. The van der Waals surface area contributed by atoms with Crippen LogP contribution >= 0.6 is 15.9 Å². The molecular weight excluding hydrogens is 462 g/mol. The fourth-order valence-electron chi connectivity index (χ4n) is 6.34. The van der Waals surface area contributed by atoms with Gasteiger partial charge in [-0.15, -0.1) is 0 Å². The third-order valence-electron chi connectivity index (χ3n) is 7.87. The number of Topliss-reactive ketones (excluding diaryl/α,β-unsaturated/α-hetero) is 1. The standard InChI is InChI=1S/C24H26BrNO5/c25-17-7-3-13(4-8-17)19(27)12-31-24(30)14-5-9-18(10-6-14)26-22(28)20-15-1-2-16(11-15)21(20)23(26)29/h3-4,7-8,14-16,18,20-21H,1-2,5-6,9-12H2/t14?,15-,16-,18?,20-,21-/m0/s1. The van der Waals surface area contributed by atoms with Crippen molar-refractivity contribution in [2.45, 2.75) is 51.0 Å². The van der Waals surface area contributed by atoms with Gasteiger partial charge in [0, 0.05) is 16.1 Å². The Morgan fingerprint density at radius 2 is 1.48 bits per heavy atom. The second kappa shape index (κ2) is 8.15. The van der Waals surface area contributed by atoms with E-state index in [0.717, 1.165) is 23.7 Å². The number of imide groups is 1. The molecule has 3 saturated carbocycles. The monoisotopic (exact) mass is 487 g/mol. The third-order valence-corrected chi connectivity index (χ3v) is 8.40. The summed E-state index contributed by atoms with van der Waals surface area (Å²) in [4.78, 5) is 52.3. The van der Waals surface area contributed by atoms with Gasteiger partial charge in [0.25, 0.3) is 0 Å². The first-order chi connectivity index (χ1) is 14.9. The molecule has 1 heterocycles. The van der Waals surface area contributed by atoms with Crippen LogP contribution in [-0.4, -0.2) is 41.1 Å². The highest BCUT2D eigenvalue weighted by atomic mass is 79.9. The summed E-state index contributed by atoms with van der Waals surface area (Å²) in [6.45, 7) is -0.268. The summed E-state index contributed by atoms with van der Waals surface area (Å²) in [6, 6.07) is 6.83. The van der Waals surface area contributed by atoms with Gasteiger partial charge in [0.15, 0.2) is 12.4 Å². The van der Waals surface area contributed by atoms with Crippen LogP contribution in [-0.2, 0) is 19.1 Å². The highest BCUT2D eigenvalue weighted by Gasteiger charge is 2.61. The minimum atomic E-state index is -0.363. The van der Waals surface area contributed by atoms with Gasteiger partial charge in [0.2, 0.25) is 11.8 Å². The molecule has 0 N–H and O–H groups in total. The SMILES string of the molecule is O=C(COC(=O)C1CCC(N2C(=O)[C@H]3[C@H]4CC[C@@H](C4)[C@@H]3C2=O)CC1)c1ccc(Br)cc1. The van der Waals surface area contributed by atoms with Crippen molar-refractivity contribution in [3.63, 3.8) is 0 Å². The summed E-state index contributed by atoms with van der Waals surface area (Å²) >= 11 is 3.33. The number of likely N-dealkylation sites (tertiary alicyclic amines) is 1. The molecule has 3 aliphatic carbocycles. The fraction of sp³-hybridized carbons (Fsp3) is 0.583. The van der Waals surface area contributed by atoms with Gasteiger partial charge in [-0.3, -0.25) is 24.1 Å². The lowest BCUT2D eigenvalue weighted by Crippen LogP contribution is -2.44. The number of benzene rings is 1. The van der Waals surface area contributed by atoms with E-state index in [1.54, 1.807) is 29.2 Å². The van der Waals surface area contributed by atoms with Crippen LogP contribution in [0.2, 0.25) is 0 Å². The molecular formula is C24H26BrNO5. The molecule has 2 amide bonds. The van der Waals surface area contributed by atoms with Crippen molar-refractivity contribution in [2.75, 3.05) is 6.61 Å². The smallest absolute Gasteiger partial charge is 0.309 e. The van der Waals surface area contributed by atoms with Crippen molar-refractivity contribution in [3.8, 4) is 0 Å². The second-order valence-corrected chi connectivity index (χ2v) is 10.4. The Balaban J connectivity index is 1.13. The van der Waals surface area contributed by atoms with Crippen LogP contribution in [0.3, 0.4) is 0 Å². The Morgan fingerprint density at radius 3 is 2.06 bits per heavy atom. The molecule has 31 heavy (non-hydrogen) atoms. The molecule has 4 aliphatic rings. The van der Waals surface area contributed by atoms with Gasteiger partial charge in [-0.25, -0.2) is 0 Å². The number of hydrogen-bond acceptors (Lipinski definition) is 5. The molecule has 1 aromatic carbocycles. The van der Waals surface area contributed by atoms with Crippen molar-refractivity contribution in [2.24, 2.45) is 29.6 Å². The summed E-state index contributed by atoms with van der Waals surface area (Å²) in [7, 11) is 0. The van der Waals surface area contributed by atoms with Crippen molar-refractivity contribution in [3.05, 3.63) is 34.3 Å². The lowest BCUT2D eigenvalue weighted by Gasteiger charge is -2.33. The molecule has 0 aromatic heterocycles. The zero-order chi connectivity index (χ0) is 21.7. The number of nitrogens with zero attached hydrogens (tertiary/aromatic N) is 1. The van der Waals surface area contributed by atoms with Gasteiger partial charge in [-0.1, -0.05) is 28.1 Å². The summed E-state index contributed by atoms with van der Waals surface area (Å²) in [5.41, 5.74) is 0.505. The molecule has 4 fully saturated rings. The summed E-state index contributed by atoms with van der Waals surface area (Å²) in [5, 5.41) is 0. The van der Waals surface area contributed by atoms with E-state index in [4.69, 9.17) is 4.74 Å². The van der Waals surface area contributed by atoms with E-state index in [0.29, 0.717) is 43.1 Å². The number of ether oxygens (including phenoxy) is 1. The number of esters is 1. The maximum absolute atomic E-state index is 13.0. The van der Waals surface area contributed by atoms with E-state index in [-0.39, 0.29) is 54.0 Å². The van der Waals surface area contributed by atoms with E-state index in [1.165, 1.54) is 0 Å². The highest BCUT2D eigenvalue weighted by Crippen LogP contribution is 2.56. The largest absolute Gasteiger partial charge is 0.457 e. The van der Waals surface area contributed by atoms with E-state index < -0.39 is 0 Å². The van der Waals surface area contributed by atoms with Gasteiger partial charge < -0.3 is 4.74 Å². The van der Waals surface area contributed by atoms with Crippen molar-refractivity contribution in [1.29, 1.82) is 0 Å². The Kier molecular flexibility index (Phi) is 5.49. The predicted octanol–water partition coefficient (Wildman–Crippen LogP) is 3.76. The molecule has 0 radical (unpaired) electrons. The number of halogens is 1. The van der Waals surface area contributed by atoms with Crippen molar-refractivity contribution in [1.82, 2.24) is 4.90 Å². The molecule has 4 atom stereocenters. The number of rotatable bonds is 5. The maximum atomic E-state index is 13.0. The van der Waals surface area contributed by atoms with E-state index in [2.05, 4.69) is 15.9 Å². The number of hydrogen-bond donors (Lipinski definition) is 0. The number of carbonyl (C=O) groups excluding carboxylic acids is 4. The molecule has 1 aliphatic heterocycles. The zero-order valence-electron chi connectivity index (χ0n) is 17.3. The van der Waals surface area contributed by atoms with Gasteiger partial charge in [-0.05, 0) is 68.9 Å².